The van der Waals surface area contributed by atoms with Crippen molar-refractivity contribution in [2.24, 2.45) is 0 Å². The second-order valence-electron chi connectivity index (χ2n) is 5.80. The molecular formula is C20H18BrN3O2. The van der Waals surface area contributed by atoms with Gasteiger partial charge < -0.3 is 5.32 Å². The number of benzene rings is 2. The Hall–Kier alpha value is -2.54. The van der Waals surface area contributed by atoms with Crippen molar-refractivity contribution in [3.8, 4) is 0 Å². The fourth-order valence-corrected chi connectivity index (χ4v) is 2.97. The van der Waals surface area contributed by atoms with Gasteiger partial charge in [-0.2, -0.15) is 0 Å². The Bertz CT molecular complexity index is 957. The van der Waals surface area contributed by atoms with Gasteiger partial charge in [-0.15, -0.1) is 0 Å². The molecule has 0 spiro atoms. The van der Waals surface area contributed by atoms with E-state index < -0.39 is 5.91 Å². The Balaban J connectivity index is 1.60. The van der Waals surface area contributed by atoms with Crippen LogP contribution in [-0.2, 0) is 17.9 Å². The molecule has 132 valence electrons. The van der Waals surface area contributed by atoms with Crippen LogP contribution in [0, 0.1) is 0 Å². The molecule has 0 atom stereocenters. The third-order valence-corrected chi connectivity index (χ3v) is 4.33. The average molecular weight is 412 g/mol. The van der Waals surface area contributed by atoms with Crippen LogP contribution in [0.3, 0.4) is 0 Å². The number of hydrogen-bond donors (Lipinski definition) is 3. The largest absolute Gasteiger partial charge is 0.307 e. The highest BCUT2D eigenvalue weighted by molar-refractivity contribution is 9.10. The van der Waals surface area contributed by atoms with Gasteiger partial charge in [0.25, 0.3) is 5.91 Å². The number of rotatable bonds is 6. The van der Waals surface area contributed by atoms with Crippen molar-refractivity contribution in [3.63, 3.8) is 0 Å². The summed E-state index contributed by atoms with van der Waals surface area (Å²) in [6, 6.07) is 18.0. The summed E-state index contributed by atoms with van der Waals surface area (Å²) in [5.74, 6) is -0.553. The predicted molar refractivity (Wildman–Crippen MR) is 105 cm³/mol. The molecule has 5 nitrogen and oxygen atoms in total. The van der Waals surface area contributed by atoms with Crippen molar-refractivity contribution in [2.75, 3.05) is 0 Å². The summed E-state index contributed by atoms with van der Waals surface area (Å²) in [5.41, 5.74) is 5.52. The van der Waals surface area contributed by atoms with E-state index in [2.05, 4.69) is 38.4 Å². The van der Waals surface area contributed by atoms with Crippen LogP contribution in [0.25, 0.3) is 17.0 Å². The number of hydroxylamine groups is 1. The van der Waals surface area contributed by atoms with E-state index in [9.17, 15) is 4.79 Å². The van der Waals surface area contributed by atoms with Crippen LogP contribution in [0.5, 0.6) is 0 Å². The zero-order valence-corrected chi connectivity index (χ0v) is 15.5. The van der Waals surface area contributed by atoms with Gasteiger partial charge in [0.15, 0.2) is 0 Å². The molecule has 0 saturated carbocycles. The van der Waals surface area contributed by atoms with Gasteiger partial charge in [-0.1, -0.05) is 46.3 Å². The maximum atomic E-state index is 11.0. The third-order valence-electron chi connectivity index (χ3n) is 3.83. The van der Waals surface area contributed by atoms with E-state index >= 15 is 0 Å². The first kappa shape index (κ1) is 18.3. The van der Waals surface area contributed by atoms with Crippen molar-refractivity contribution >= 4 is 38.8 Å². The Morgan fingerprint density at radius 1 is 1.12 bits per heavy atom. The molecule has 3 rings (SSSR count). The summed E-state index contributed by atoms with van der Waals surface area (Å²) in [7, 11) is 0. The van der Waals surface area contributed by atoms with Gasteiger partial charge >= 0.3 is 0 Å². The molecule has 2 aromatic carbocycles. The number of halogens is 1. The molecule has 1 amide bonds. The van der Waals surface area contributed by atoms with Crippen LogP contribution in [0.4, 0.5) is 0 Å². The van der Waals surface area contributed by atoms with Crippen molar-refractivity contribution in [1.29, 1.82) is 0 Å². The molecule has 0 aliphatic rings. The lowest BCUT2D eigenvalue weighted by Crippen LogP contribution is -2.15. The predicted octanol–water partition coefficient (Wildman–Crippen LogP) is 3.81. The second kappa shape index (κ2) is 8.71. The molecule has 0 unspecified atom stereocenters. The fourth-order valence-electron chi connectivity index (χ4n) is 2.59. The molecule has 26 heavy (non-hydrogen) atoms. The zero-order chi connectivity index (χ0) is 18.4. The average Bonchev–Trinajstić information content (AvgIpc) is 2.66. The second-order valence-corrected chi connectivity index (χ2v) is 6.71. The van der Waals surface area contributed by atoms with Crippen LogP contribution < -0.4 is 10.8 Å². The number of fused-ring (bicyclic) bond motifs is 1. The van der Waals surface area contributed by atoms with Crippen molar-refractivity contribution in [2.45, 2.75) is 13.1 Å². The van der Waals surface area contributed by atoms with Gasteiger partial charge in [0.1, 0.15) is 0 Å². The van der Waals surface area contributed by atoms with Gasteiger partial charge in [-0.3, -0.25) is 15.0 Å². The minimum Gasteiger partial charge on any atom is -0.307 e. The Morgan fingerprint density at radius 3 is 2.85 bits per heavy atom. The summed E-state index contributed by atoms with van der Waals surface area (Å²) in [6.45, 7) is 1.35. The molecule has 0 radical (unpaired) electrons. The van der Waals surface area contributed by atoms with Gasteiger partial charge in [-0.05, 0) is 41.5 Å². The van der Waals surface area contributed by atoms with E-state index in [1.165, 1.54) is 6.08 Å². The SMILES string of the molecule is O=C(/C=C/c1cccc(CNCc2ccc3cc(Br)ccc3n2)c1)NO. The molecule has 3 aromatic rings. The number of hydrogen-bond acceptors (Lipinski definition) is 4. The maximum Gasteiger partial charge on any atom is 0.267 e. The minimum atomic E-state index is -0.553. The fraction of sp³-hybridized carbons (Fsp3) is 0.100. The Labute approximate surface area is 159 Å². The van der Waals surface area contributed by atoms with Gasteiger partial charge in [0, 0.05) is 29.0 Å². The lowest BCUT2D eigenvalue weighted by molar-refractivity contribution is -0.124. The number of carbonyl (C=O) groups excluding carboxylic acids is 1. The number of carbonyl (C=O) groups is 1. The highest BCUT2D eigenvalue weighted by atomic mass is 79.9. The topological polar surface area (TPSA) is 74.2 Å². The van der Waals surface area contributed by atoms with Crippen LogP contribution in [-0.4, -0.2) is 16.1 Å². The number of pyridine rings is 1. The van der Waals surface area contributed by atoms with Crippen molar-refractivity contribution in [3.05, 3.63) is 82.0 Å². The molecule has 0 saturated heterocycles. The molecule has 3 N–H and O–H groups in total. The molecule has 6 heteroatoms. The summed E-state index contributed by atoms with van der Waals surface area (Å²) in [5, 5.41) is 13.0. The van der Waals surface area contributed by atoms with Gasteiger partial charge in [0.05, 0.1) is 11.2 Å². The number of aromatic nitrogens is 1. The standard InChI is InChI=1S/C20H18BrN3O2/c21-17-6-8-19-16(11-17)5-7-18(23-19)13-22-12-15-3-1-2-14(10-15)4-9-20(25)24-26/h1-11,22,26H,12-13H2,(H,24,25)/b9-4+. The number of nitrogens with one attached hydrogen (secondary N) is 2. The van der Waals surface area contributed by atoms with Crippen LogP contribution in [0.15, 0.2) is 65.1 Å². The summed E-state index contributed by atoms with van der Waals surface area (Å²) in [4.78, 5) is 15.7. The van der Waals surface area contributed by atoms with Crippen molar-refractivity contribution in [1.82, 2.24) is 15.8 Å². The van der Waals surface area contributed by atoms with E-state index in [4.69, 9.17) is 5.21 Å². The summed E-state index contributed by atoms with van der Waals surface area (Å²) in [6.07, 6.45) is 2.93. The first-order valence-electron chi connectivity index (χ1n) is 8.11. The molecule has 1 heterocycles. The normalized spacial score (nSPS) is 11.2. The molecule has 0 fully saturated rings. The maximum absolute atomic E-state index is 11.0. The highest BCUT2D eigenvalue weighted by Gasteiger charge is 2.00. The highest BCUT2D eigenvalue weighted by Crippen LogP contribution is 2.18. The molecule has 0 bridgehead atoms. The number of amides is 1. The van der Waals surface area contributed by atoms with Gasteiger partial charge in [-0.25, -0.2) is 5.48 Å². The van der Waals surface area contributed by atoms with Crippen LogP contribution in [0.1, 0.15) is 16.8 Å². The van der Waals surface area contributed by atoms with Gasteiger partial charge in [0.2, 0.25) is 0 Å². The minimum absolute atomic E-state index is 0.553. The van der Waals surface area contributed by atoms with E-state index in [1.54, 1.807) is 11.6 Å². The summed E-state index contributed by atoms with van der Waals surface area (Å²) >= 11 is 3.47. The Kier molecular flexibility index (Phi) is 6.12. The molecule has 1 aromatic heterocycles. The smallest absolute Gasteiger partial charge is 0.267 e. The molecule has 0 aliphatic heterocycles. The van der Waals surface area contributed by atoms with E-state index in [0.717, 1.165) is 32.2 Å². The van der Waals surface area contributed by atoms with Crippen molar-refractivity contribution < 1.29 is 10.0 Å². The first-order valence-corrected chi connectivity index (χ1v) is 8.90. The van der Waals surface area contributed by atoms with Crippen LogP contribution in [0.2, 0.25) is 0 Å². The number of nitrogens with zero attached hydrogens (tertiary/aromatic N) is 1. The lowest BCUT2D eigenvalue weighted by atomic mass is 10.1. The Morgan fingerprint density at radius 2 is 2.00 bits per heavy atom. The van der Waals surface area contributed by atoms with E-state index in [-0.39, 0.29) is 0 Å². The monoisotopic (exact) mass is 411 g/mol. The lowest BCUT2D eigenvalue weighted by Gasteiger charge is -2.07. The molecular weight excluding hydrogens is 394 g/mol. The zero-order valence-electron chi connectivity index (χ0n) is 13.9. The van der Waals surface area contributed by atoms with E-state index in [0.29, 0.717) is 13.1 Å². The summed E-state index contributed by atoms with van der Waals surface area (Å²) < 4.78 is 1.04. The molecule has 0 aliphatic carbocycles. The van der Waals surface area contributed by atoms with E-state index in [1.807, 2.05) is 42.5 Å². The quantitative estimate of drug-likeness (QED) is 0.327. The third kappa shape index (κ3) is 4.98. The van der Waals surface area contributed by atoms with Crippen LogP contribution >= 0.6 is 15.9 Å². The first-order chi connectivity index (χ1) is 12.6.